The van der Waals surface area contributed by atoms with E-state index in [2.05, 4.69) is 197 Å². The van der Waals surface area contributed by atoms with Gasteiger partial charge in [-0.3, -0.25) is 0 Å². The van der Waals surface area contributed by atoms with E-state index in [4.69, 9.17) is 23.7 Å². The normalized spacial score (nSPS) is 10.8. The second kappa shape index (κ2) is 36.5. The van der Waals surface area contributed by atoms with Crippen molar-refractivity contribution in [3.05, 3.63) is 302 Å². The van der Waals surface area contributed by atoms with Gasteiger partial charge in [0.15, 0.2) is 7.26 Å². The van der Waals surface area contributed by atoms with Crippen molar-refractivity contribution < 1.29 is 39.0 Å². The molecule has 3 N–H and O–H groups in total. The molecule has 10 rings (SSSR count). The number of methoxy groups -OCH3 is 4. The molecule has 0 amide bonds. The van der Waals surface area contributed by atoms with Gasteiger partial charge in [0, 0.05) is 22.3 Å². The van der Waals surface area contributed by atoms with Crippen LogP contribution in [0.4, 0.5) is 0 Å². The van der Waals surface area contributed by atoms with Gasteiger partial charge in [0.05, 0.1) is 32.7 Å². The van der Waals surface area contributed by atoms with Crippen LogP contribution in [0.3, 0.4) is 0 Å². The van der Waals surface area contributed by atoms with E-state index in [1.807, 2.05) is 115 Å². The third kappa shape index (κ3) is 18.4. The van der Waals surface area contributed by atoms with Crippen molar-refractivity contribution in [3.8, 4) is 68.2 Å². The van der Waals surface area contributed by atoms with Crippen molar-refractivity contribution in [2.45, 2.75) is 39.5 Å². The summed E-state index contributed by atoms with van der Waals surface area (Å²) >= 11 is 9.98. The number of hydrogen-bond acceptors (Lipinski definition) is 8. The van der Waals surface area contributed by atoms with Crippen LogP contribution in [-0.2, 0) is 25.7 Å². The second-order valence-corrected chi connectivity index (χ2v) is 32.9. The van der Waals surface area contributed by atoms with Crippen molar-refractivity contribution >= 4 is 94.1 Å². The molecule has 0 aliphatic rings. The molecule has 0 aromatic heterocycles. The highest BCUT2D eigenvalue weighted by atomic mass is 79.9. The number of aryl methyl sites for hydroxylation is 2. The van der Waals surface area contributed by atoms with E-state index in [1.54, 1.807) is 46.6 Å². The van der Waals surface area contributed by atoms with Crippen molar-refractivity contribution in [3.63, 3.8) is 0 Å². The van der Waals surface area contributed by atoms with Crippen LogP contribution in [0.2, 0.25) is 0 Å². The number of halogens is 3. The average molecular weight is 1490 g/mol. The number of benzene rings is 10. The predicted molar refractivity (Wildman–Crippen MR) is 412 cm³/mol. The fourth-order valence-corrected chi connectivity index (χ4v) is 20.5. The highest BCUT2D eigenvalue weighted by molar-refractivity contribution is 9.24. The first kappa shape index (κ1) is 73.3. The van der Waals surface area contributed by atoms with Crippen molar-refractivity contribution in [1.29, 1.82) is 0 Å². The largest absolute Gasteiger partial charge is 0.507 e. The fourth-order valence-electron chi connectivity index (χ4n) is 10.9. The summed E-state index contributed by atoms with van der Waals surface area (Å²) in [6.45, 7) is 19.5. The van der Waals surface area contributed by atoms with Crippen molar-refractivity contribution in [2.24, 2.45) is 0 Å². The number of ether oxygens (including phenoxy) is 5. The lowest BCUT2D eigenvalue weighted by Crippen LogP contribution is -2.35. The first-order valence-electron chi connectivity index (χ1n) is 30.4. The summed E-state index contributed by atoms with van der Waals surface area (Å²) in [7, 11) is 2.56. The molecule has 13 heteroatoms. The maximum absolute atomic E-state index is 11.1. The number of hydrogen-bond donors (Lipinski definition) is 3. The maximum atomic E-state index is 11.1. The smallest absolute Gasteiger partial charge is 0.210 e. The highest BCUT2D eigenvalue weighted by Crippen LogP contribution is 2.58. The molecule has 0 radical (unpaired) electrons. The van der Waals surface area contributed by atoms with Gasteiger partial charge in [-0.05, 0) is 248 Å². The Hall–Kier alpha value is -8.14. The van der Waals surface area contributed by atoms with Crippen LogP contribution in [0.5, 0.6) is 46.0 Å². The van der Waals surface area contributed by atoms with E-state index in [-0.39, 0.29) is 17.2 Å². The summed E-state index contributed by atoms with van der Waals surface area (Å²) in [6.07, 6.45) is 10.6. The summed E-state index contributed by atoms with van der Waals surface area (Å²) in [6, 6.07) is 73.9. The van der Waals surface area contributed by atoms with E-state index < -0.39 is 14.5 Å². The summed E-state index contributed by atoms with van der Waals surface area (Å²) in [5.74, 6) is 4.56. The molecule has 0 fully saturated rings. The summed E-state index contributed by atoms with van der Waals surface area (Å²) in [4.78, 5) is 0. The highest BCUT2D eigenvalue weighted by Gasteiger charge is 2.48. The molecular weight excluding hydrogens is 1400 g/mol. The van der Waals surface area contributed by atoms with E-state index in [0.717, 1.165) is 89.1 Å². The topological polar surface area (TPSA) is 107 Å². The molecule has 10 aromatic rings. The molecule has 484 valence electrons. The average Bonchev–Trinajstić information content (AvgIpc) is 0.762. The first-order valence-corrected chi connectivity index (χ1v) is 37.8. The Labute approximate surface area is 583 Å². The quantitative estimate of drug-likeness (QED) is 0.0312. The number of alkyl halides is 3. The molecule has 0 atom stereocenters. The summed E-state index contributed by atoms with van der Waals surface area (Å²) in [5, 5.41) is 39.6. The van der Waals surface area contributed by atoms with Crippen molar-refractivity contribution in [2.75, 3.05) is 44.1 Å². The van der Waals surface area contributed by atoms with Crippen LogP contribution in [-0.4, -0.2) is 59.4 Å². The zero-order chi connectivity index (χ0) is 67.6. The van der Waals surface area contributed by atoms with Crippen LogP contribution < -0.4 is 55.5 Å². The van der Waals surface area contributed by atoms with Crippen molar-refractivity contribution in [1.82, 2.24) is 0 Å². The lowest BCUT2D eigenvalue weighted by Gasteiger charge is -2.28. The molecule has 0 spiro atoms. The zero-order valence-corrected chi connectivity index (χ0v) is 60.8. The van der Waals surface area contributed by atoms with Crippen LogP contribution in [0.1, 0.15) is 33.4 Å². The SMILES string of the molecule is BrCBr.C=CCc1ccc(O)c(-c2cc(CC=C)ccc2O)c1.C=CCc1ccc(O)c(-c2cc(CC=C)ccc2OC[P+](c2ccc(C)cc2)(c2ccc(OC)cc2)c2ccc(OC)cc2)c1.COc1ccc([P+](CBr)(c2ccc(C)cc2)c2ccc(OC)cc2)cc1. The Morgan fingerprint density at radius 3 is 0.851 bits per heavy atom. The molecule has 0 bridgehead atoms. The van der Waals surface area contributed by atoms with E-state index in [1.165, 1.54) is 32.3 Å². The molecule has 0 saturated carbocycles. The molecule has 0 saturated heterocycles. The molecule has 0 aliphatic carbocycles. The molecule has 0 unspecified atom stereocenters. The first-order chi connectivity index (χ1) is 45.6. The predicted octanol–water partition coefficient (Wildman–Crippen LogP) is 18.8. The summed E-state index contributed by atoms with van der Waals surface area (Å²) in [5.41, 5.74) is 9.53. The molecule has 94 heavy (non-hydrogen) atoms. The minimum absolute atomic E-state index is 0.156. The molecule has 8 nitrogen and oxygen atoms in total. The fraction of sp³-hybridized carbons (Fsp3) is 0.160. The van der Waals surface area contributed by atoms with Gasteiger partial charge in [0.25, 0.3) is 0 Å². The number of aromatic hydroxyl groups is 3. The van der Waals surface area contributed by atoms with E-state index in [9.17, 15) is 15.3 Å². The minimum atomic E-state index is -2.39. The number of phenolic OH excluding ortho intramolecular Hbond substituents is 3. The van der Waals surface area contributed by atoms with Gasteiger partial charge >= 0.3 is 0 Å². The second-order valence-electron chi connectivity index (χ2n) is 21.9. The summed E-state index contributed by atoms with van der Waals surface area (Å²) < 4.78 is 29.6. The van der Waals surface area contributed by atoms with Crippen LogP contribution >= 0.6 is 62.3 Å². The minimum Gasteiger partial charge on any atom is -0.507 e. The Morgan fingerprint density at radius 1 is 0.340 bits per heavy atom. The molecular formula is C81H83Br3O8P2+2. The van der Waals surface area contributed by atoms with Gasteiger partial charge < -0.3 is 39.0 Å². The third-order valence-electron chi connectivity index (χ3n) is 15.9. The van der Waals surface area contributed by atoms with Gasteiger partial charge in [-0.25, -0.2) is 0 Å². The Balaban J connectivity index is 0.000000215. The van der Waals surface area contributed by atoms with Gasteiger partial charge in [0.2, 0.25) is 6.35 Å². The van der Waals surface area contributed by atoms with Crippen LogP contribution in [0.15, 0.2) is 269 Å². The number of allylic oxidation sites excluding steroid dienone is 4. The van der Waals surface area contributed by atoms with Crippen LogP contribution in [0, 0.1) is 13.8 Å². The van der Waals surface area contributed by atoms with Crippen LogP contribution in [0.25, 0.3) is 22.3 Å². The van der Waals surface area contributed by atoms with Gasteiger partial charge in [-0.1, -0.05) is 116 Å². The Bertz CT molecular complexity index is 3910. The van der Waals surface area contributed by atoms with Gasteiger partial charge in [-0.15, -0.1) is 26.3 Å². The van der Waals surface area contributed by atoms with Gasteiger partial charge in [0.1, 0.15) is 90.2 Å². The number of rotatable bonds is 24. The third-order valence-corrected chi connectivity index (χ3v) is 26.1. The van der Waals surface area contributed by atoms with E-state index >= 15 is 0 Å². The lowest BCUT2D eigenvalue weighted by molar-refractivity contribution is 0.389. The maximum Gasteiger partial charge on any atom is 0.210 e. The number of phenols is 3. The molecule has 10 aromatic carbocycles. The Morgan fingerprint density at radius 2 is 0.585 bits per heavy atom. The standard InChI is InChI=1S/C40H39O4P.C22H23BrO2P.C18H18O2.CH2Br2/c1-6-8-30-12-24-39(41)37(26-30)38-27-31(9-7-2)13-25-40(38)44-28-45(34-18-10-29(3)11-19-34,35-20-14-32(42-4)15-21-35)36-22-16-33(43-5)17-23-36;1-17-4-10-20(11-5-17)26(16-23,21-12-6-18(24-2)7-13-21)22-14-8-19(25-3)9-15-22;1-3-5-13-7-9-17(19)15(11-13)16-12-14(6-4-2)8-10-18(16)20;2-1-3/h6-7,10-27H,1-2,8-9,28H2,3-5H3;4-15H,16H2,1-3H3;3-4,7-12,19-20H,1-2,5-6H2;1H2/q;+1;;/p+1. The molecule has 0 heterocycles. The zero-order valence-electron chi connectivity index (χ0n) is 54.3. The van der Waals surface area contributed by atoms with E-state index in [0.29, 0.717) is 36.1 Å². The monoisotopic (exact) mass is 1480 g/mol. The Kier molecular flexibility index (Phi) is 28.5. The molecule has 0 aliphatic heterocycles. The van der Waals surface area contributed by atoms with Gasteiger partial charge in [-0.2, -0.15) is 0 Å². The lowest BCUT2D eigenvalue weighted by atomic mass is 9.97.